The van der Waals surface area contributed by atoms with Gasteiger partial charge in [-0.25, -0.2) is 0 Å². The van der Waals surface area contributed by atoms with Crippen LogP contribution in [0.15, 0.2) is 24.3 Å². The monoisotopic (exact) mass is 279 g/mol. The molecule has 0 bridgehead atoms. The van der Waals surface area contributed by atoms with Crippen molar-refractivity contribution in [2.24, 2.45) is 0 Å². The van der Waals surface area contributed by atoms with E-state index >= 15 is 0 Å². The number of aliphatic hydroxyl groups is 1. The molecule has 0 aromatic heterocycles. The molecule has 0 radical (unpaired) electrons. The molecule has 20 heavy (non-hydrogen) atoms. The zero-order chi connectivity index (χ0) is 14.6. The van der Waals surface area contributed by atoms with E-state index in [4.69, 9.17) is 9.47 Å². The van der Waals surface area contributed by atoms with Crippen LogP contribution in [0.1, 0.15) is 30.6 Å². The first-order chi connectivity index (χ1) is 9.57. The molecule has 5 heteroatoms. The molecule has 1 aromatic rings. The third kappa shape index (κ3) is 3.11. The third-order valence-corrected chi connectivity index (χ3v) is 3.65. The average molecular weight is 279 g/mol. The molecule has 1 saturated heterocycles. The molecule has 0 saturated carbocycles. The van der Waals surface area contributed by atoms with Crippen molar-refractivity contribution in [3.63, 3.8) is 0 Å². The maximum absolute atomic E-state index is 12.2. The Morgan fingerprint density at radius 2 is 2.30 bits per heavy atom. The zero-order valence-corrected chi connectivity index (χ0v) is 11.9. The summed E-state index contributed by atoms with van der Waals surface area (Å²) in [5, 5.41) is 13.1. The van der Waals surface area contributed by atoms with E-state index in [1.807, 2.05) is 19.9 Å². The molecule has 2 unspecified atom stereocenters. The molecular weight excluding hydrogens is 258 g/mol. The Morgan fingerprint density at radius 3 is 2.95 bits per heavy atom. The van der Waals surface area contributed by atoms with E-state index in [2.05, 4.69) is 5.32 Å². The zero-order valence-electron chi connectivity index (χ0n) is 11.9. The van der Waals surface area contributed by atoms with Gasteiger partial charge in [0.15, 0.2) is 0 Å². The summed E-state index contributed by atoms with van der Waals surface area (Å²) in [6.45, 7) is 4.87. The second kappa shape index (κ2) is 6.24. The highest BCUT2D eigenvalue weighted by atomic mass is 16.5. The van der Waals surface area contributed by atoms with E-state index in [-0.39, 0.29) is 18.6 Å². The van der Waals surface area contributed by atoms with Crippen LogP contribution < -0.4 is 10.1 Å². The van der Waals surface area contributed by atoms with Crippen LogP contribution in [-0.2, 0) is 4.74 Å². The van der Waals surface area contributed by atoms with Gasteiger partial charge in [0.1, 0.15) is 11.4 Å². The Morgan fingerprint density at radius 1 is 1.55 bits per heavy atom. The van der Waals surface area contributed by atoms with Gasteiger partial charge < -0.3 is 19.9 Å². The van der Waals surface area contributed by atoms with Crippen molar-refractivity contribution in [1.82, 2.24) is 5.32 Å². The fraction of sp³-hybridized carbons (Fsp3) is 0.533. The molecule has 1 amide bonds. The van der Waals surface area contributed by atoms with E-state index in [0.717, 1.165) is 0 Å². The highest BCUT2D eigenvalue weighted by Gasteiger charge is 2.39. The molecule has 2 N–H and O–H groups in total. The van der Waals surface area contributed by atoms with E-state index in [9.17, 15) is 9.90 Å². The summed E-state index contributed by atoms with van der Waals surface area (Å²) in [5.41, 5.74) is -0.513. The van der Waals surface area contributed by atoms with Gasteiger partial charge in [0.2, 0.25) is 0 Å². The van der Waals surface area contributed by atoms with Crippen LogP contribution in [0.5, 0.6) is 5.75 Å². The lowest BCUT2D eigenvalue weighted by Crippen LogP contribution is -2.47. The van der Waals surface area contributed by atoms with E-state index in [0.29, 0.717) is 30.9 Å². The fourth-order valence-corrected chi connectivity index (χ4v) is 2.27. The Balaban J connectivity index is 2.02. The maximum atomic E-state index is 12.2. The molecule has 5 nitrogen and oxygen atoms in total. The highest BCUT2D eigenvalue weighted by Crippen LogP contribution is 2.25. The summed E-state index contributed by atoms with van der Waals surface area (Å²) in [5.74, 6) is 0.303. The van der Waals surface area contributed by atoms with Crippen LogP contribution in [-0.4, -0.2) is 42.5 Å². The Bertz CT molecular complexity index is 477. The molecule has 110 valence electrons. The summed E-state index contributed by atoms with van der Waals surface area (Å²) < 4.78 is 10.8. The largest absolute Gasteiger partial charge is 0.493 e. The number of nitrogens with one attached hydrogen (secondary N) is 1. The Hall–Kier alpha value is -1.59. The number of benzene rings is 1. The number of hydrogen-bond donors (Lipinski definition) is 2. The molecular formula is C15H21NO4. The van der Waals surface area contributed by atoms with Crippen LogP contribution >= 0.6 is 0 Å². The van der Waals surface area contributed by atoms with Crippen LogP contribution in [0.4, 0.5) is 0 Å². The lowest BCUT2D eigenvalue weighted by Gasteiger charge is -2.26. The van der Waals surface area contributed by atoms with Gasteiger partial charge in [-0.1, -0.05) is 12.1 Å². The molecule has 0 aliphatic carbocycles. The topological polar surface area (TPSA) is 67.8 Å². The first-order valence-electron chi connectivity index (χ1n) is 6.91. The molecule has 1 fully saturated rings. The summed E-state index contributed by atoms with van der Waals surface area (Å²) in [6, 6.07) is 7.07. The number of ether oxygens (including phenoxy) is 2. The van der Waals surface area contributed by atoms with Gasteiger partial charge in [0.25, 0.3) is 5.91 Å². The molecule has 2 rings (SSSR count). The van der Waals surface area contributed by atoms with Crippen molar-refractivity contribution in [3.05, 3.63) is 29.8 Å². The summed E-state index contributed by atoms with van der Waals surface area (Å²) in [7, 11) is 0. The van der Waals surface area contributed by atoms with Crippen molar-refractivity contribution in [2.45, 2.75) is 32.0 Å². The van der Waals surface area contributed by atoms with Gasteiger partial charge in [-0.15, -0.1) is 0 Å². The second-order valence-corrected chi connectivity index (χ2v) is 4.98. The number of amides is 1. The number of rotatable bonds is 5. The van der Waals surface area contributed by atoms with Crippen molar-refractivity contribution >= 4 is 5.91 Å². The predicted octanol–water partition coefficient (Wildman–Crippen LogP) is 1.35. The predicted molar refractivity (Wildman–Crippen MR) is 74.9 cm³/mol. The minimum Gasteiger partial charge on any atom is -0.493 e. The third-order valence-electron chi connectivity index (χ3n) is 3.65. The number of hydrogen-bond acceptors (Lipinski definition) is 4. The van der Waals surface area contributed by atoms with E-state index in [1.54, 1.807) is 18.2 Å². The minimum absolute atomic E-state index is 0.174. The van der Waals surface area contributed by atoms with Gasteiger partial charge >= 0.3 is 0 Å². The molecule has 0 spiro atoms. The van der Waals surface area contributed by atoms with Gasteiger partial charge in [0, 0.05) is 19.6 Å². The Kier molecular flexibility index (Phi) is 4.62. The van der Waals surface area contributed by atoms with Crippen LogP contribution in [0.3, 0.4) is 0 Å². The van der Waals surface area contributed by atoms with Gasteiger partial charge in [-0.3, -0.25) is 4.79 Å². The van der Waals surface area contributed by atoms with Gasteiger partial charge in [-0.2, -0.15) is 0 Å². The average Bonchev–Trinajstić information content (AvgIpc) is 2.78. The molecule has 1 aliphatic heterocycles. The van der Waals surface area contributed by atoms with Crippen LogP contribution in [0.25, 0.3) is 0 Å². The lowest BCUT2D eigenvalue weighted by atomic mass is 9.96. The van der Waals surface area contributed by atoms with Crippen molar-refractivity contribution in [3.8, 4) is 5.75 Å². The summed E-state index contributed by atoms with van der Waals surface area (Å²) in [4.78, 5) is 12.2. The highest BCUT2D eigenvalue weighted by molar-refractivity contribution is 5.96. The first-order valence-corrected chi connectivity index (χ1v) is 6.91. The standard InChI is InChI=1S/C15H21NO4/c1-3-19-13-7-5-4-6-12(13)14(17)16-10-15(18)8-9-20-11(15)2/h4-7,11,18H,3,8-10H2,1-2H3,(H,16,17). The SMILES string of the molecule is CCOc1ccccc1C(=O)NCC1(O)CCOC1C. The van der Waals surface area contributed by atoms with Crippen LogP contribution in [0, 0.1) is 0 Å². The van der Waals surface area contributed by atoms with Crippen molar-refractivity contribution < 1.29 is 19.4 Å². The number of para-hydroxylation sites is 1. The number of carbonyl (C=O) groups is 1. The summed E-state index contributed by atoms with van der Waals surface area (Å²) >= 11 is 0. The lowest BCUT2D eigenvalue weighted by molar-refractivity contribution is -0.0251. The smallest absolute Gasteiger partial charge is 0.255 e. The first kappa shape index (κ1) is 14.8. The van der Waals surface area contributed by atoms with Crippen molar-refractivity contribution in [1.29, 1.82) is 0 Å². The summed E-state index contributed by atoms with van der Waals surface area (Å²) in [6.07, 6.45) is 0.256. The minimum atomic E-state index is -0.990. The van der Waals surface area contributed by atoms with Gasteiger partial charge in [0.05, 0.1) is 18.3 Å². The van der Waals surface area contributed by atoms with Crippen molar-refractivity contribution in [2.75, 3.05) is 19.8 Å². The second-order valence-electron chi connectivity index (χ2n) is 4.98. The Labute approximate surface area is 118 Å². The van der Waals surface area contributed by atoms with E-state index < -0.39 is 5.60 Å². The quantitative estimate of drug-likeness (QED) is 0.854. The van der Waals surface area contributed by atoms with E-state index in [1.165, 1.54) is 0 Å². The maximum Gasteiger partial charge on any atom is 0.255 e. The molecule has 2 atom stereocenters. The molecule has 1 aromatic carbocycles. The van der Waals surface area contributed by atoms with Gasteiger partial charge in [-0.05, 0) is 26.0 Å². The number of carbonyl (C=O) groups excluding carboxylic acids is 1. The molecule has 1 aliphatic rings. The fourth-order valence-electron chi connectivity index (χ4n) is 2.27. The normalized spacial score (nSPS) is 25.4. The molecule has 1 heterocycles. The van der Waals surface area contributed by atoms with Crippen LogP contribution in [0.2, 0.25) is 0 Å².